The molecule has 0 saturated carbocycles. The van der Waals surface area contributed by atoms with Crippen molar-refractivity contribution in [3.8, 4) is 16.9 Å². The molecule has 2 amide bonds. The molecule has 1 saturated heterocycles. The molecule has 1 aromatic heterocycles. The van der Waals surface area contributed by atoms with Crippen LogP contribution in [0.3, 0.4) is 0 Å². The van der Waals surface area contributed by atoms with Crippen LogP contribution in [-0.4, -0.2) is 58.9 Å². The second kappa shape index (κ2) is 8.52. The molecule has 3 aromatic rings. The number of thiazole rings is 1. The molecule has 176 valence electrons. The molecule has 1 atom stereocenters. The van der Waals surface area contributed by atoms with E-state index < -0.39 is 17.5 Å². The minimum absolute atomic E-state index is 0.00408. The number of rotatable bonds is 2. The number of carbonyl (C=O) groups is 2. The van der Waals surface area contributed by atoms with Gasteiger partial charge in [-0.3, -0.25) is 9.59 Å². The number of hydrogen-bond acceptors (Lipinski definition) is 6. The van der Waals surface area contributed by atoms with Gasteiger partial charge in [-0.05, 0) is 24.3 Å². The third-order valence-corrected chi connectivity index (χ3v) is 7.30. The van der Waals surface area contributed by atoms with Crippen molar-refractivity contribution < 1.29 is 23.1 Å². The Labute approximate surface area is 202 Å². The fraction of sp³-hybridized carbons (Fsp3) is 0.261. The van der Waals surface area contributed by atoms with Crippen LogP contribution < -0.4 is 10.5 Å². The molecule has 3 heterocycles. The third-order valence-electron chi connectivity index (χ3n) is 6.11. The predicted octanol–water partition coefficient (Wildman–Crippen LogP) is 4.10. The predicted molar refractivity (Wildman–Crippen MR) is 126 cm³/mol. The topological polar surface area (TPSA) is 88.8 Å². The fourth-order valence-corrected chi connectivity index (χ4v) is 5.55. The van der Waals surface area contributed by atoms with E-state index in [1.165, 1.54) is 24.3 Å². The Morgan fingerprint density at radius 2 is 2.12 bits per heavy atom. The number of hydrogen-bond donors (Lipinski definition) is 1. The van der Waals surface area contributed by atoms with Gasteiger partial charge in [0.1, 0.15) is 5.82 Å². The lowest BCUT2D eigenvalue weighted by Crippen LogP contribution is -2.57. The van der Waals surface area contributed by atoms with Crippen LogP contribution in [0, 0.1) is 11.6 Å². The van der Waals surface area contributed by atoms with Crippen LogP contribution in [0.25, 0.3) is 21.3 Å². The average Bonchev–Trinajstić information content (AvgIpc) is 3.22. The Bertz CT molecular complexity index is 1360. The fourth-order valence-electron chi connectivity index (χ4n) is 4.49. The van der Waals surface area contributed by atoms with Crippen LogP contribution in [0.5, 0.6) is 5.75 Å². The molecule has 0 bridgehead atoms. The first-order valence-electron chi connectivity index (χ1n) is 10.5. The molecule has 7 nitrogen and oxygen atoms in total. The molecule has 0 spiro atoms. The number of nitrogen functional groups attached to an aromatic ring is 1. The van der Waals surface area contributed by atoms with E-state index in [0.29, 0.717) is 26.1 Å². The number of nitrogens with zero attached hydrogens (tertiary/aromatic N) is 3. The lowest BCUT2D eigenvalue weighted by molar-refractivity contribution is -0.128. The normalized spacial score (nSPS) is 18.1. The molecule has 2 aliphatic rings. The van der Waals surface area contributed by atoms with Crippen molar-refractivity contribution in [3.63, 3.8) is 0 Å². The molecule has 2 N–H and O–H groups in total. The highest BCUT2D eigenvalue weighted by atomic mass is 35.5. The monoisotopic (exact) mass is 504 g/mol. The smallest absolute Gasteiger partial charge is 0.258 e. The molecule has 1 fully saturated rings. The van der Waals surface area contributed by atoms with Gasteiger partial charge >= 0.3 is 0 Å². The standard InChI is InChI=1S/C23H19ClF2N4O3S/c1-2-16(31)29-6-7-30-11(10-29)5-8-33-20-13(22(30)32)9-14(24)17(18(20)26)12-3-4-15(25)21-19(12)28-23(27)34-21/h2-4,9,11H,1,5-8,10H2,(H2,27,28)/t11-/m0/s1. The zero-order chi connectivity index (χ0) is 24.1. The Morgan fingerprint density at radius 3 is 2.88 bits per heavy atom. The largest absolute Gasteiger partial charge is 0.490 e. The van der Waals surface area contributed by atoms with E-state index in [4.69, 9.17) is 22.1 Å². The maximum Gasteiger partial charge on any atom is 0.258 e. The summed E-state index contributed by atoms with van der Waals surface area (Å²) in [5, 5.41) is 0.0981. The molecule has 34 heavy (non-hydrogen) atoms. The molecule has 5 rings (SSSR count). The molecule has 0 radical (unpaired) electrons. The van der Waals surface area contributed by atoms with E-state index >= 15 is 4.39 Å². The van der Waals surface area contributed by atoms with Crippen LogP contribution in [0.2, 0.25) is 5.02 Å². The summed E-state index contributed by atoms with van der Waals surface area (Å²) in [7, 11) is 0. The molecule has 0 unspecified atom stereocenters. The van der Waals surface area contributed by atoms with E-state index in [2.05, 4.69) is 11.6 Å². The summed E-state index contributed by atoms with van der Waals surface area (Å²) in [6, 6.07) is 3.66. The maximum atomic E-state index is 15.9. The minimum atomic E-state index is -0.825. The summed E-state index contributed by atoms with van der Waals surface area (Å²) in [5.74, 6) is -2.20. The van der Waals surface area contributed by atoms with Gasteiger partial charge in [-0.15, -0.1) is 0 Å². The van der Waals surface area contributed by atoms with Gasteiger partial charge in [-0.2, -0.15) is 0 Å². The zero-order valence-electron chi connectivity index (χ0n) is 17.8. The van der Waals surface area contributed by atoms with Gasteiger partial charge in [0.25, 0.3) is 5.91 Å². The van der Waals surface area contributed by atoms with Gasteiger partial charge in [-0.1, -0.05) is 29.5 Å². The molecule has 0 aliphatic carbocycles. The van der Waals surface area contributed by atoms with E-state index in [-0.39, 0.29) is 61.4 Å². The van der Waals surface area contributed by atoms with Gasteiger partial charge in [0.15, 0.2) is 16.7 Å². The molecule has 2 aromatic carbocycles. The number of benzene rings is 2. The SMILES string of the molecule is C=CC(=O)N1CCN2C(=O)c3cc(Cl)c(-c4ccc(F)c5sc(N)nc45)c(F)c3OCC[C@H]2C1. The van der Waals surface area contributed by atoms with Crippen molar-refractivity contribution in [1.82, 2.24) is 14.8 Å². The summed E-state index contributed by atoms with van der Waals surface area (Å²) in [6.45, 7) is 4.61. The summed E-state index contributed by atoms with van der Waals surface area (Å²) in [6.07, 6.45) is 1.65. The lowest BCUT2D eigenvalue weighted by atomic mass is 9.98. The number of anilines is 1. The van der Waals surface area contributed by atoms with Crippen LogP contribution in [0.15, 0.2) is 30.9 Å². The highest BCUT2D eigenvalue weighted by Gasteiger charge is 2.37. The first kappa shape index (κ1) is 22.5. The van der Waals surface area contributed by atoms with Crippen molar-refractivity contribution in [3.05, 3.63) is 53.1 Å². The highest BCUT2D eigenvalue weighted by Crippen LogP contribution is 2.43. The number of carbonyl (C=O) groups excluding carboxylic acids is 2. The molecule has 2 aliphatic heterocycles. The quantitative estimate of drug-likeness (QED) is 0.531. The Hall–Kier alpha value is -3.24. The Kier molecular flexibility index (Phi) is 5.65. The zero-order valence-corrected chi connectivity index (χ0v) is 19.4. The van der Waals surface area contributed by atoms with Gasteiger partial charge < -0.3 is 20.3 Å². The number of halogens is 3. The number of amides is 2. The van der Waals surface area contributed by atoms with Crippen molar-refractivity contribution in [2.24, 2.45) is 0 Å². The maximum absolute atomic E-state index is 15.9. The van der Waals surface area contributed by atoms with Gasteiger partial charge in [-0.25, -0.2) is 13.8 Å². The van der Waals surface area contributed by atoms with Gasteiger partial charge in [0.2, 0.25) is 5.91 Å². The Morgan fingerprint density at radius 1 is 1.32 bits per heavy atom. The van der Waals surface area contributed by atoms with E-state index in [0.717, 1.165) is 11.3 Å². The summed E-state index contributed by atoms with van der Waals surface area (Å²) >= 11 is 7.44. The summed E-state index contributed by atoms with van der Waals surface area (Å²) < 4.78 is 36.0. The third kappa shape index (κ3) is 3.57. The second-order valence-corrected chi connectivity index (χ2v) is 9.46. The van der Waals surface area contributed by atoms with Crippen molar-refractivity contribution in [2.45, 2.75) is 12.5 Å². The van der Waals surface area contributed by atoms with Crippen LogP contribution >= 0.6 is 22.9 Å². The second-order valence-electron chi connectivity index (χ2n) is 8.03. The van der Waals surface area contributed by atoms with Gasteiger partial charge in [0.05, 0.1) is 33.5 Å². The summed E-state index contributed by atoms with van der Waals surface area (Å²) in [5.41, 5.74) is 6.15. The minimum Gasteiger partial charge on any atom is -0.490 e. The van der Waals surface area contributed by atoms with E-state index in [1.54, 1.807) is 9.80 Å². The van der Waals surface area contributed by atoms with Crippen molar-refractivity contribution >= 4 is 50.1 Å². The molecular weight excluding hydrogens is 486 g/mol. The first-order valence-corrected chi connectivity index (χ1v) is 11.7. The number of piperazine rings is 1. The number of nitrogens with two attached hydrogens (primary N) is 1. The lowest BCUT2D eigenvalue weighted by Gasteiger charge is -2.42. The van der Waals surface area contributed by atoms with Crippen LogP contribution in [0.4, 0.5) is 13.9 Å². The molecular formula is C23H19ClF2N4O3S. The highest BCUT2D eigenvalue weighted by molar-refractivity contribution is 7.22. The summed E-state index contributed by atoms with van der Waals surface area (Å²) in [4.78, 5) is 32.8. The van der Waals surface area contributed by atoms with Crippen LogP contribution in [-0.2, 0) is 4.79 Å². The molecule has 11 heteroatoms. The van der Waals surface area contributed by atoms with Gasteiger partial charge in [0, 0.05) is 37.2 Å². The average molecular weight is 505 g/mol. The first-order chi connectivity index (χ1) is 16.3. The Balaban J connectivity index is 1.58. The van der Waals surface area contributed by atoms with Crippen LogP contribution in [0.1, 0.15) is 16.8 Å². The van der Waals surface area contributed by atoms with Crippen molar-refractivity contribution in [1.29, 1.82) is 0 Å². The number of fused-ring (bicyclic) bond motifs is 3. The van der Waals surface area contributed by atoms with Crippen molar-refractivity contribution in [2.75, 3.05) is 32.0 Å². The van der Waals surface area contributed by atoms with E-state index in [1.807, 2.05) is 0 Å². The van der Waals surface area contributed by atoms with E-state index in [9.17, 15) is 14.0 Å². The number of ether oxygens (including phenoxy) is 1. The number of aromatic nitrogens is 1.